The number of aromatic nitrogens is 5. The Morgan fingerprint density at radius 2 is 1.77 bits per heavy atom. The molecule has 0 unspecified atom stereocenters. The molecule has 0 saturated heterocycles. The van der Waals surface area contributed by atoms with E-state index >= 15 is 0 Å². The Morgan fingerprint density at radius 1 is 1.13 bits per heavy atom. The van der Waals surface area contributed by atoms with Crippen LogP contribution in [-0.2, 0) is 36.2 Å². The summed E-state index contributed by atoms with van der Waals surface area (Å²) >= 11 is -0.0226. The zero-order chi connectivity index (χ0) is 20.9. The molecule has 15 heteroatoms. The zero-order valence-corrected chi connectivity index (χ0v) is 21.7. The average molecular weight is 534 g/mol. The van der Waals surface area contributed by atoms with Crippen LogP contribution in [0.15, 0.2) is 17.3 Å². The fraction of sp³-hybridized carbons (Fsp3) is 0.400. The van der Waals surface area contributed by atoms with Crippen molar-refractivity contribution in [2.75, 3.05) is 5.75 Å². The topological polar surface area (TPSA) is 48.5 Å². The van der Waals surface area contributed by atoms with Gasteiger partial charge >= 0.3 is 191 Å². The summed E-state index contributed by atoms with van der Waals surface area (Å²) < 4.78 is 69.5. The Labute approximate surface area is 202 Å². The van der Waals surface area contributed by atoms with Crippen LogP contribution in [0.25, 0.3) is 22.6 Å². The maximum Gasteiger partial charge on any atom is 1.00 e. The van der Waals surface area contributed by atoms with E-state index in [0.29, 0.717) is 23.1 Å². The number of rotatable bonds is 5. The Bertz CT molecular complexity index is 1040. The second-order valence-corrected chi connectivity index (χ2v) is 10.5. The molecule has 0 fully saturated rings. The van der Waals surface area contributed by atoms with E-state index < -0.39 is 33.9 Å². The summed E-state index contributed by atoms with van der Waals surface area (Å²) in [4.78, 5) is 12.2. The van der Waals surface area contributed by atoms with E-state index in [1.54, 1.807) is 11.6 Å². The molecule has 0 aromatic carbocycles. The van der Waals surface area contributed by atoms with Gasteiger partial charge in [-0.25, -0.2) is 0 Å². The van der Waals surface area contributed by atoms with Crippen LogP contribution in [0, 0.1) is 0 Å². The number of fused-ring (bicyclic) bond motifs is 1. The smallest absolute Gasteiger partial charge is 1.00 e. The minimum atomic E-state index is -5.74. The standard InChI is InChI=1S/C15H13F5N5S.2ClH.Li.Zn/c1-4-26-13-11(22-7-24(13)2)12-23-8-5-10(14(16,17)15(18,19)20)21-6-9(8)25(12)3;;;;/h5-6H,4H2,1-3H3;2*1H;;/q;;;2*+1/p-2. The predicted molar refractivity (Wildman–Crippen MR) is 92.5 cm³/mol. The molecule has 0 aliphatic carbocycles. The summed E-state index contributed by atoms with van der Waals surface area (Å²) in [5.41, 5.74) is -0.557. The monoisotopic (exact) mass is 531 g/mol. The Hall–Kier alpha value is -0.369. The molecular weight excluding hydrogens is 520 g/mol. The van der Waals surface area contributed by atoms with Crippen molar-refractivity contribution < 1.29 is 69.4 Å². The van der Waals surface area contributed by atoms with Crippen LogP contribution in [0.1, 0.15) is 12.6 Å². The van der Waals surface area contributed by atoms with Gasteiger partial charge < -0.3 is 12.4 Å². The number of thioether (sulfide) groups is 1. The van der Waals surface area contributed by atoms with Crippen molar-refractivity contribution in [1.82, 2.24) is 24.1 Å². The number of alkyl halides is 5. The summed E-state index contributed by atoms with van der Waals surface area (Å²) in [7, 11) is 9.57. The third kappa shape index (κ3) is 4.69. The van der Waals surface area contributed by atoms with Gasteiger partial charge in [-0.3, -0.25) is 0 Å². The number of aryl methyl sites for hydroxylation is 1. The molecule has 5 nitrogen and oxygen atoms in total. The molecule has 0 amide bonds. The van der Waals surface area contributed by atoms with Gasteiger partial charge in [0.1, 0.15) is 0 Å². The van der Waals surface area contributed by atoms with Gasteiger partial charge in [-0.2, -0.15) is 0 Å². The van der Waals surface area contributed by atoms with E-state index in [0.717, 1.165) is 21.4 Å². The average Bonchev–Trinajstić information content (AvgIpc) is 3.11. The molecule has 30 heavy (non-hydrogen) atoms. The summed E-state index contributed by atoms with van der Waals surface area (Å²) in [6.07, 6.45) is -4.77. The summed E-state index contributed by atoms with van der Waals surface area (Å²) in [6.45, 7) is 1.97. The van der Waals surface area contributed by atoms with Gasteiger partial charge in [-0.05, 0) is 0 Å². The fourth-order valence-electron chi connectivity index (χ4n) is 2.71. The molecule has 0 aliphatic heterocycles. The maximum absolute atomic E-state index is 13.6. The van der Waals surface area contributed by atoms with E-state index in [9.17, 15) is 22.0 Å². The van der Waals surface area contributed by atoms with Gasteiger partial charge in [0, 0.05) is 0 Å². The first-order valence-electron chi connectivity index (χ1n) is 8.05. The minimum absolute atomic E-state index is 0. The Kier molecular flexibility index (Phi) is 9.27. The van der Waals surface area contributed by atoms with Crippen molar-refractivity contribution in [1.29, 1.82) is 0 Å². The molecule has 0 bridgehead atoms. The third-order valence-corrected chi connectivity index (χ3v) is 8.29. The fourth-order valence-corrected chi connectivity index (χ4v) is 6.21. The molecule has 0 radical (unpaired) electrons. The number of halogens is 7. The second-order valence-electron chi connectivity index (χ2n) is 5.93. The first-order valence-corrected chi connectivity index (χ1v) is 14.4. The molecule has 0 spiro atoms. The van der Waals surface area contributed by atoms with Gasteiger partial charge in [-0.1, -0.05) is 0 Å². The molecule has 3 aromatic rings. The molecule has 0 N–H and O–H groups in total. The molecule has 156 valence electrons. The first kappa shape index (κ1) is 27.7. The van der Waals surface area contributed by atoms with E-state index in [1.807, 2.05) is 18.5 Å². The molecule has 0 aliphatic rings. The van der Waals surface area contributed by atoms with Crippen LogP contribution in [-0.4, -0.2) is 36.0 Å². The quantitative estimate of drug-likeness (QED) is 0.217. The van der Waals surface area contributed by atoms with Crippen LogP contribution in [0.5, 0.6) is 0 Å². The SMILES string of the molecule is CCSc1c(-c2nc3cc(C(F)(F)C(F)(F)F)ncc3n2C)n[c]([Zn][Cl])n1C.[Cl-].[Li+]. The van der Waals surface area contributed by atoms with Gasteiger partial charge in [0.25, 0.3) is 0 Å². The molecule has 0 atom stereocenters. The van der Waals surface area contributed by atoms with Gasteiger partial charge in [0.15, 0.2) is 0 Å². The largest absolute Gasteiger partial charge is 1.00 e. The predicted octanol–water partition coefficient (Wildman–Crippen LogP) is -2.00. The van der Waals surface area contributed by atoms with Crippen molar-refractivity contribution >= 4 is 36.9 Å². The second kappa shape index (κ2) is 10.1. The Balaban J connectivity index is 0.00000225. The number of nitrogens with zero attached hydrogens (tertiary/aromatic N) is 5. The van der Waals surface area contributed by atoms with E-state index in [2.05, 4.69) is 15.0 Å². The minimum Gasteiger partial charge on any atom is -1.00 e. The van der Waals surface area contributed by atoms with Crippen LogP contribution < -0.4 is 35.7 Å². The third-order valence-electron chi connectivity index (χ3n) is 4.19. The summed E-state index contributed by atoms with van der Waals surface area (Å²) in [6, 6.07) is 0.669. The summed E-state index contributed by atoms with van der Waals surface area (Å²) in [5.74, 6) is -3.95. The van der Waals surface area contributed by atoms with E-state index in [1.165, 1.54) is 11.8 Å². The normalized spacial score (nSPS) is 11.8. The van der Waals surface area contributed by atoms with Gasteiger partial charge in [-0.15, -0.1) is 0 Å². The number of imidazole rings is 2. The Morgan fingerprint density at radius 3 is 2.30 bits per heavy atom. The van der Waals surface area contributed by atoms with Crippen molar-refractivity contribution in [3.05, 3.63) is 18.0 Å². The van der Waals surface area contributed by atoms with Crippen molar-refractivity contribution in [3.63, 3.8) is 0 Å². The molecule has 0 saturated carbocycles. The van der Waals surface area contributed by atoms with Gasteiger partial charge in [0.2, 0.25) is 0 Å². The molecule has 3 rings (SSSR count). The van der Waals surface area contributed by atoms with Crippen molar-refractivity contribution in [3.8, 4) is 11.5 Å². The number of pyridine rings is 1. The van der Waals surface area contributed by atoms with Crippen LogP contribution in [0.4, 0.5) is 22.0 Å². The van der Waals surface area contributed by atoms with Crippen LogP contribution >= 0.6 is 21.5 Å². The van der Waals surface area contributed by atoms with Gasteiger partial charge in [0.05, 0.1) is 0 Å². The van der Waals surface area contributed by atoms with Crippen LogP contribution in [0.3, 0.4) is 0 Å². The van der Waals surface area contributed by atoms with Crippen LogP contribution in [0.2, 0.25) is 0 Å². The summed E-state index contributed by atoms with van der Waals surface area (Å²) in [5, 5.41) is 0.816. The number of hydrogen-bond acceptors (Lipinski definition) is 4. The van der Waals surface area contributed by atoms with Crippen molar-refractivity contribution in [2.24, 2.45) is 14.1 Å². The first-order chi connectivity index (χ1) is 13.0. The van der Waals surface area contributed by atoms with E-state index in [4.69, 9.17) is 9.69 Å². The molecular formula is C15H13Cl2F5LiN5SZn. The molecule has 3 aromatic heterocycles. The zero-order valence-electron chi connectivity index (χ0n) is 16.4. The maximum atomic E-state index is 13.6. The number of hydrogen-bond donors (Lipinski definition) is 0. The van der Waals surface area contributed by atoms with E-state index in [-0.39, 0.29) is 36.8 Å². The molecule has 3 heterocycles. The van der Waals surface area contributed by atoms with Crippen molar-refractivity contribution in [2.45, 2.75) is 24.0 Å².